The molecule has 4 aliphatic rings. The lowest BCUT2D eigenvalue weighted by Gasteiger charge is -2.55. The van der Waals surface area contributed by atoms with Crippen LogP contribution >= 0.6 is 32.5 Å². The standard InChI is InChI=1S/C25H28F2INOS/c26-19-12-13-22(27)20(15-19)23-28-16-29(24(30)18-8-2-1-3-9-18)25(31-23)14-6-10-17-7-4-5-11-21(17)25/h4-5,7,11-13,15,17-18,21H,1-3,6,8-10,14,16H2. The molecule has 1 aliphatic heterocycles. The summed E-state index contributed by atoms with van der Waals surface area (Å²) in [5, 5.41) is 0. The van der Waals surface area contributed by atoms with E-state index in [4.69, 9.17) is 0 Å². The minimum Gasteiger partial charge on any atom is -0.318 e. The van der Waals surface area contributed by atoms with E-state index in [1.165, 1.54) is 24.6 Å². The Morgan fingerprint density at radius 2 is 1.87 bits per heavy atom. The largest absolute Gasteiger partial charge is 0.318 e. The molecular formula is C25H28F2INOS. The van der Waals surface area contributed by atoms with Gasteiger partial charge in [-0.3, -0.25) is 4.79 Å². The van der Waals surface area contributed by atoms with Crippen molar-refractivity contribution in [2.45, 2.75) is 56.2 Å². The summed E-state index contributed by atoms with van der Waals surface area (Å²) in [5.41, 5.74) is 0.416. The number of halogens is 3. The van der Waals surface area contributed by atoms with Gasteiger partial charge in [0, 0.05) is 17.4 Å². The maximum Gasteiger partial charge on any atom is 0.227 e. The number of fused-ring (bicyclic) bond motifs is 2. The van der Waals surface area contributed by atoms with Gasteiger partial charge < -0.3 is 4.90 Å². The van der Waals surface area contributed by atoms with Crippen LogP contribution < -0.4 is 0 Å². The van der Waals surface area contributed by atoms with E-state index in [2.05, 4.69) is 29.2 Å². The molecule has 3 aliphatic carbocycles. The summed E-state index contributed by atoms with van der Waals surface area (Å²) in [6.45, 7) is 0. The molecular weight excluding hydrogens is 527 g/mol. The fourth-order valence-electron chi connectivity index (χ4n) is 5.65. The van der Waals surface area contributed by atoms with Crippen molar-refractivity contribution in [2.24, 2.45) is 17.8 Å². The van der Waals surface area contributed by atoms with Gasteiger partial charge in [0.15, 0.2) is 0 Å². The molecule has 3 atom stereocenters. The molecule has 0 saturated heterocycles. The molecule has 0 N–H and O–H groups in total. The molecule has 5 rings (SSSR count). The Balaban J connectivity index is 1.55. The van der Waals surface area contributed by atoms with Crippen LogP contribution in [0, 0.1) is 29.4 Å². The minimum absolute atomic E-state index is 0.131. The first kappa shape index (κ1) is 21.8. The van der Waals surface area contributed by atoms with Gasteiger partial charge in [0.25, 0.3) is 0 Å². The summed E-state index contributed by atoms with van der Waals surface area (Å²) in [6, 6.07) is 3.77. The number of carbonyl (C=O) groups is 1. The maximum atomic E-state index is 14.7. The first-order valence-electron chi connectivity index (χ1n) is 11.4. The number of benzene rings is 1. The van der Waals surface area contributed by atoms with Crippen LogP contribution in [0.3, 0.4) is 0 Å². The number of thioether (sulfide) groups is 1. The van der Waals surface area contributed by atoms with Crippen LogP contribution in [0.1, 0.15) is 56.9 Å². The van der Waals surface area contributed by atoms with Crippen LogP contribution in [0.25, 0.3) is 0 Å². The molecule has 0 bridgehead atoms. The minimum atomic E-state index is -0.599. The van der Waals surface area contributed by atoms with Gasteiger partial charge in [-0.25, -0.2) is 8.78 Å². The predicted octanol–water partition coefficient (Wildman–Crippen LogP) is 6.77. The molecule has 1 aromatic carbocycles. The van der Waals surface area contributed by atoms with Crippen LogP contribution in [0.4, 0.5) is 8.78 Å². The average Bonchev–Trinajstić information content (AvgIpc) is 2.81. The molecule has 6 heteroatoms. The normalized spacial score (nSPS) is 31.2. The number of nitrogens with zero attached hydrogens (tertiary/aromatic N) is 1. The van der Waals surface area contributed by atoms with E-state index in [0.717, 1.165) is 47.8 Å². The van der Waals surface area contributed by atoms with E-state index < -0.39 is 26.5 Å². The Bertz CT molecular complexity index is 955. The van der Waals surface area contributed by atoms with Gasteiger partial charge in [0.1, 0.15) is 16.5 Å². The summed E-state index contributed by atoms with van der Waals surface area (Å²) < 4.78 is 30.4. The average molecular weight is 555 g/mol. The molecule has 1 heterocycles. The zero-order chi connectivity index (χ0) is 21.4. The Morgan fingerprint density at radius 1 is 1.06 bits per heavy atom. The molecule has 3 unspecified atom stereocenters. The van der Waals surface area contributed by atoms with Crippen LogP contribution in [-0.4, -0.2) is 23.1 Å². The van der Waals surface area contributed by atoms with Gasteiger partial charge in [0.05, 0.1) is 7.39 Å². The van der Waals surface area contributed by atoms with Gasteiger partial charge in [-0.05, 0) is 56.2 Å². The number of allylic oxidation sites excluding steroid dienone is 3. The highest BCUT2D eigenvalue weighted by Crippen LogP contribution is 2.56. The Morgan fingerprint density at radius 3 is 2.71 bits per heavy atom. The van der Waals surface area contributed by atoms with Gasteiger partial charge in [-0.2, -0.15) is 0 Å². The monoisotopic (exact) mass is 555 g/mol. The van der Waals surface area contributed by atoms with Crippen molar-refractivity contribution in [3.05, 3.63) is 59.7 Å². The lowest BCUT2D eigenvalue weighted by Crippen LogP contribution is -2.59. The van der Waals surface area contributed by atoms with Gasteiger partial charge >= 0.3 is 0 Å². The number of carbonyl (C=O) groups excluding carboxylic acids is 1. The van der Waals surface area contributed by atoms with Crippen LogP contribution in [0.15, 0.2) is 42.5 Å². The fraction of sp³-hybridized carbons (Fsp3) is 0.520. The highest BCUT2D eigenvalue weighted by molar-refractivity contribution is 14.2. The van der Waals surface area contributed by atoms with Crippen molar-refractivity contribution < 1.29 is 13.6 Å². The zero-order valence-corrected chi connectivity index (χ0v) is 20.5. The van der Waals surface area contributed by atoms with Crippen molar-refractivity contribution in [3.63, 3.8) is 0 Å². The third kappa shape index (κ3) is 4.07. The van der Waals surface area contributed by atoms with Gasteiger partial charge in [0.2, 0.25) is 5.91 Å². The number of rotatable bonds is 2. The van der Waals surface area contributed by atoms with Crippen LogP contribution in [-0.2, 0) is 4.79 Å². The van der Waals surface area contributed by atoms with E-state index in [-0.39, 0.29) is 22.5 Å². The zero-order valence-electron chi connectivity index (χ0n) is 17.5. The number of hydrogen-bond acceptors (Lipinski definition) is 2. The molecule has 0 aromatic heterocycles. The van der Waals surface area contributed by atoms with E-state index in [9.17, 15) is 13.6 Å². The molecule has 2 nitrogen and oxygen atoms in total. The lowest BCUT2D eigenvalue weighted by molar-refractivity contribution is -0.140. The second-order valence-corrected chi connectivity index (χ2v) is 13.6. The third-order valence-electron chi connectivity index (χ3n) is 7.23. The topological polar surface area (TPSA) is 20.3 Å². The van der Waals surface area contributed by atoms with Crippen molar-refractivity contribution in [1.29, 1.82) is 0 Å². The summed E-state index contributed by atoms with van der Waals surface area (Å²) in [7, 11) is 0. The molecule has 0 radical (unpaired) electrons. The first-order valence-corrected chi connectivity index (χ1v) is 14.8. The predicted molar refractivity (Wildman–Crippen MR) is 132 cm³/mol. The Labute approximate surface area is 197 Å². The van der Waals surface area contributed by atoms with Gasteiger partial charge in [-0.15, -0.1) is 0 Å². The Hall–Kier alpha value is -1.02. The molecule has 1 spiro atoms. The summed E-state index contributed by atoms with van der Waals surface area (Å²) in [5.74, 6) is 0.325. The molecule has 2 saturated carbocycles. The number of hydrogen-bond donors (Lipinski definition) is 0. The van der Waals surface area contributed by atoms with Crippen LogP contribution in [0.5, 0.6) is 0 Å². The lowest BCUT2D eigenvalue weighted by atomic mass is 9.72. The second-order valence-electron chi connectivity index (χ2n) is 9.05. The highest BCUT2D eigenvalue weighted by Gasteiger charge is 2.53. The molecule has 1 amide bonds. The molecule has 1 aromatic rings. The molecule has 166 valence electrons. The summed E-state index contributed by atoms with van der Waals surface area (Å²) in [4.78, 5) is 15.6. The molecule has 2 fully saturated rings. The number of alkyl halides is 1. The van der Waals surface area contributed by atoms with E-state index in [1.807, 2.05) is 0 Å². The summed E-state index contributed by atoms with van der Waals surface area (Å²) in [6.07, 6.45) is 17.3. The Kier molecular flexibility index (Phi) is 6.39. The molecule has 31 heavy (non-hydrogen) atoms. The maximum absolute atomic E-state index is 14.7. The SMILES string of the molecule is O=C(C1CCCCC1)N1CI=C(c2cc(F)ccc2F)SC12CCCC1C=CC=CC12. The fourth-order valence-corrected chi connectivity index (χ4v) is 11.8. The number of amides is 1. The van der Waals surface area contributed by atoms with Gasteiger partial charge in [-0.1, -0.05) is 76.1 Å². The third-order valence-corrected chi connectivity index (χ3v) is 12.4. The van der Waals surface area contributed by atoms with Crippen molar-refractivity contribution in [3.8, 4) is 0 Å². The first-order chi connectivity index (χ1) is 15.1. The van der Waals surface area contributed by atoms with Crippen molar-refractivity contribution >= 4 is 41.2 Å². The smallest absolute Gasteiger partial charge is 0.227 e. The quantitative estimate of drug-likeness (QED) is 0.228. The summed E-state index contributed by atoms with van der Waals surface area (Å²) >= 11 is 1.10. The van der Waals surface area contributed by atoms with E-state index >= 15 is 0 Å². The van der Waals surface area contributed by atoms with E-state index in [1.54, 1.807) is 11.8 Å². The van der Waals surface area contributed by atoms with Crippen molar-refractivity contribution in [2.75, 3.05) is 4.55 Å². The van der Waals surface area contributed by atoms with Crippen LogP contribution in [0.2, 0.25) is 0 Å². The van der Waals surface area contributed by atoms with Crippen molar-refractivity contribution in [1.82, 2.24) is 4.90 Å². The second kappa shape index (κ2) is 9.08. The van der Waals surface area contributed by atoms with E-state index in [0.29, 0.717) is 21.9 Å². The highest BCUT2D eigenvalue weighted by atomic mass is 127.